The number of ether oxygens (including phenoxy) is 2. The van der Waals surface area contributed by atoms with Crippen LogP contribution in [0.15, 0.2) is 42.0 Å². The Balaban J connectivity index is 1.71. The largest absolute Gasteiger partial charge is 0.482 e. The van der Waals surface area contributed by atoms with E-state index in [1.54, 1.807) is 25.1 Å². The van der Waals surface area contributed by atoms with E-state index in [1.807, 2.05) is 18.2 Å². The molecule has 0 atom stereocenters. The molecule has 4 rings (SSSR count). The predicted octanol–water partition coefficient (Wildman–Crippen LogP) is 3.98. The lowest BCUT2D eigenvalue weighted by molar-refractivity contribution is -0.145. The van der Waals surface area contributed by atoms with Gasteiger partial charge in [0, 0.05) is 16.6 Å². The minimum Gasteiger partial charge on any atom is -0.482 e. The Hall–Kier alpha value is -3.39. The number of Topliss-reactive ketones (excluding diaryl/α,β-unsaturated/α-hetero) is 1. The van der Waals surface area contributed by atoms with E-state index in [2.05, 4.69) is 19.9 Å². The summed E-state index contributed by atoms with van der Waals surface area (Å²) >= 11 is 0. The van der Waals surface area contributed by atoms with Gasteiger partial charge in [-0.2, -0.15) is 5.26 Å². The number of nitrogens with zero attached hydrogens (tertiary/aromatic N) is 1. The highest BCUT2D eigenvalue weighted by atomic mass is 16.6. The first-order valence-electron chi connectivity index (χ1n) is 9.61. The molecule has 5 heteroatoms. The van der Waals surface area contributed by atoms with Crippen molar-refractivity contribution in [2.75, 3.05) is 13.2 Å². The first-order valence-corrected chi connectivity index (χ1v) is 9.61. The van der Waals surface area contributed by atoms with E-state index in [0.29, 0.717) is 29.9 Å². The molecule has 0 spiro atoms. The van der Waals surface area contributed by atoms with Crippen molar-refractivity contribution in [3.05, 3.63) is 69.8 Å². The van der Waals surface area contributed by atoms with Crippen LogP contribution in [0.4, 0.5) is 0 Å². The van der Waals surface area contributed by atoms with Crippen LogP contribution in [-0.2, 0) is 21.4 Å². The van der Waals surface area contributed by atoms with Gasteiger partial charge in [0.25, 0.3) is 0 Å². The van der Waals surface area contributed by atoms with Gasteiger partial charge < -0.3 is 9.47 Å². The van der Waals surface area contributed by atoms with Crippen LogP contribution in [0, 0.1) is 11.3 Å². The van der Waals surface area contributed by atoms with Crippen molar-refractivity contribution in [2.45, 2.75) is 32.6 Å². The third-order valence-corrected chi connectivity index (χ3v) is 5.73. The smallest absolute Gasteiger partial charge is 0.344 e. The van der Waals surface area contributed by atoms with Crippen molar-refractivity contribution < 1.29 is 19.1 Å². The van der Waals surface area contributed by atoms with Crippen LogP contribution in [0.1, 0.15) is 53.4 Å². The van der Waals surface area contributed by atoms with Crippen molar-refractivity contribution >= 4 is 17.3 Å². The highest BCUT2D eigenvalue weighted by molar-refractivity contribution is 6.33. The molecule has 0 saturated carbocycles. The number of esters is 1. The Bertz CT molecular complexity index is 1120. The monoisotopic (exact) mass is 387 g/mol. The number of allylic oxidation sites excluding steroid dienone is 2. The molecular weight excluding hydrogens is 366 g/mol. The molecule has 2 aromatic carbocycles. The van der Waals surface area contributed by atoms with Crippen LogP contribution in [-0.4, -0.2) is 25.0 Å². The van der Waals surface area contributed by atoms with Crippen molar-refractivity contribution in [3.8, 4) is 11.8 Å². The topological polar surface area (TPSA) is 76.4 Å². The zero-order valence-corrected chi connectivity index (χ0v) is 16.7. The number of fused-ring (bicyclic) bond motifs is 3. The summed E-state index contributed by atoms with van der Waals surface area (Å²) in [5.41, 5.74) is 5.50. The van der Waals surface area contributed by atoms with Gasteiger partial charge in [-0.15, -0.1) is 0 Å². The number of carbonyl (C=O) groups excluding carboxylic acids is 2. The number of hydrogen-bond acceptors (Lipinski definition) is 5. The fourth-order valence-electron chi connectivity index (χ4n) is 4.26. The zero-order chi connectivity index (χ0) is 20.8. The van der Waals surface area contributed by atoms with Crippen LogP contribution >= 0.6 is 0 Å². The summed E-state index contributed by atoms with van der Waals surface area (Å²) in [4.78, 5) is 24.9. The van der Waals surface area contributed by atoms with E-state index in [1.165, 1.54) is 0 Å². The molecule has 29 heavy (non-hydrogen) atoms. The predicted molar refractivity (Wildman–Crippen MR) is 108 cm³/mol. The maximum atomic E-state index is 13.3. The van der Waals surface area contributed by atoms with Crippen LogP contribution in [0.2, 0.25) is 0 Å². The quantitative estimate of drug-likeness (QED) is 0.742. The second-order valence-electron chi connectivity index (χ2n) is 7.77. The molecule has 2 aromatic rings. The van der Waals surface area contributed by atoms with Crippen molar-refractivity contribution in [3.63, 3.8) is 0 Å². The fraction of sp³-hybridized carbons (Fsp3) is 0.292. The molecule has 0 aromatic heterocycles. The van der Waals surface area contributed by atoms with E-state index in [0.717, 1.165) is 27.8 Å². The minimum atomic E-state index is -0.426. The first-order chi connectivity index (χ1) is 13.9. The molecule has 0 bridgehead atoms. The van der Waals surface area contributed by atoms with Gasteiger partial charge in [-0.3, -0.25) is 4.79 Å². The van der Waals surface area contributed by atoms with Crippen molar-refractivity contribution in [1.82, 2.24) is 0 Å². The lowest BCUT2D eigenvalue weighted by atomic mass is 9.68. The third kappa shape index (κ3) is 3.01. The summed E-state index contributed by atoms with van der Waals surface area (Å²) in [7, 11) is 0. The van der Waals surface area contributed by atoms with Crippen molar-refractivity contribution in [1.29, 1.82) is 5.26 Å². The van der Waals surface area contributed by atoms with Crippen LogP contribution in [0.5, 0.6) is 5.75 Å². The van der Waals surface area contributed by atoms with Crippen molar-refractivity contribution in [2.24, 2.45) is 0 Å². The maximum absolute atomic E-state index is 13.3. The Morgan fingerprint density at radius 3 is 2.66 bits per heavy atom. The van der Waals surface area contributed by atoms with E-state index < -0.39 is 5.97 Å². The number of hydrogen-bond donors (Lipinski definition) is 0. The van der Waals surface area contributed by atoms with Crippen LogP contribution in [0.3, 0.4) is 0 Å². The minimum absolute atomic E-state index is 0.00488. The molecule has 0 radical (unpaired) electrons. The highest BCUT2D eigenvalue weighted by Crippen LogP contribution is 2.50. The Morgan fingerprint density at radius 2 is 1.93 bits per heavy atom. The van der Waals surface area contributed by atoms with Gasteiger partial charge in [0.05, 0.1) is 18.2 Å². The molecule has 0 heterocycles. The Morgan fingerprint density at radius 1 is 1.17 bits per heavy atom. The molecule has 2 aliphatic carbocycles. The summed E-state index contributed by atoms with van der Waals surface area (Å²) in [5, 5.41) is 9.20. The molecule has 0 aliphatic heterocycles. The molecule has 0 fully saturated rings. The summed E-state index contributed by atoms with van der Waals surface area (Å²) in [5.74, 6) is 0.101. The molecule has 0 N–H and O–H groups in total. The van der Waals surface area contributed by atoms with Gasteiger partial charge in [-0.05, 0) is 65.9 Å². The standard InChI is InChI=1S/C24H21NO4/c1-4-28-21(26)13-29-16-6-8-18-19(11-16)24(2,3)20-10-15-9-14(12-25)5-7-17(15)22(20)23(18)27/h5-9,11H,4,10,13H2,1-3H3. The molecule has 5 nitrogen and oxygen atoms in total. The molecule has 0 unspecified atom stereocenters. The third-order valence-electron chi connectivity index (χ3n) is 5.73. The van der Waals surface area contributed by atoms with Gasteiger partial charge in [0.15, 0.2) is 12.4 Å². The number of nitriles is 1. The second kappa shape index (κ2) is 6.89. The van der Waals surface area contributed by atoms with E-state index >= 15 is 0 Å². The number of rotatable bonds is 4. The highest BCUT2D eigenvalue weighted by Gasteiger charge is 2.42. The average molecular weight is 387 g/mol. The molecule has 146 valence electrons. The van der Waals surface area contributed by atoms with Gasteiger partial charge in [-0.1, -0.05) is 19.9 Å². The number of ketones is 1. The lowest BCUT2D eigenvalue weighted by Gasteiger charge is -2.34. The SMILES string of the molecule is CCOC(=O)COc1ccc2c(c1)C(C)(C)C1=C(C2=O)c2ccc(C#N)cc2C1. The van der Waals surface area contributed by atoms with Gasteiger partial charge in [0.1, 0.15) is 5.75 Å². The summed E-state index contributed by atoms with van der Waals surface area (Å²) in [6.07, 6.45) is 0.645. The fourth-order valence-corrected chi connectivity index (χ4v) is 4.26. The summed E-state index contributed by atoms with van der Waals surface area (Å²) in [6.45, 7) is 6.07. The first kappa shape index (κ1) is 18.9. The number of carbonyl (C=O) groups is 2. The van der Waals surface area contributed by atoms with Gasteiger partial charge >= 0.3 is 5.97 Å². The Labute approximate surface area is 169 Å². The second-order valence-corrected chi connectivity index (χ2v) is 7.77. The Kier molecular flexibility index (Phi) is 4.50. The molecule has 2 aliphatic rings. The van der Waals surface area contributed by atoms with Crippen LogP contribution < -0.4 is 4.74 Å². The lowest BCUT2D eigenvalue weighted by Crippen LogP contribution is -2.30. The van der Waals surface area contributed by atoms with Crippen LogP contribution in [0.25, 0.3) is 5.57 Å². The summed E-state index contributed by atoms with van der Waals surface area (Å²) in [6, 6.07) is 13.0. The van der Waals surface area contributed by atoms with Gasteiger partial charge in [0.2, 0.25) is 0 Å². The zero-order valence-electron chi connectivity index (χ0n) is 16.7. The molecule has 0 amide bonds. The van der Waals surface area contributed by atoms with E-state index in [9.17, 15) is 14.9 Å². The van der Waals surface area contributed by atoms with E-state index in [-0.39, 0.29) is 17.8 Å². The molecular formula is C24H21NO4. The normalized spacial score (nSPS) is 15.9. The van der Waals surface area contributed by atoms with E-state index in [4.69, 9.17) is 9.47 Å². The average Bonchev–Trinajstić information content (AvgIpc) is 3.11. The molecule has 0 saturated heterocycles. The number of benzene rings is 2. The maximum Gasteiger partial charge on any atom is 0.344 e. The van der Waals surface area contributed by atoms with Gasteiger partial charge in [-0.25, -0.2) is 4.79 Å². The summed E-state index contributed by atoms with van der Waals surface area (Å²) < 4.78 is 10.5.